The van der Waals surface area contributed by atoms with Gasteiger partial charge in [-0.1, -0.05) is 6.92 Å². The first-order valence-corrected chi connectivity index (χ1v) is 6.13. The number of nitrogens with zero attached hydrogens (tertiary/aromatic N) is 3. The van der Waals surface area contributed by atoms with Gasteiger partial charge in [0.25, 0.3) is 0 Å². The van der Waals surface area contributed by atoms with E-state index in [4.69, 9.17) is 10.5 Å². The van der Waals surface area contributed by atoms with Crippen molar-refractivity contribution < 1.29 is 9.13 Å². The highest BCUT2D eigenvalue weighted by Gasteiger charge is 2.20. The van der Waals surface area contributed by atoms with Gasteiger partial charge >= 0.3 is 0 Å². The van der Waals surface area contributed by atoms with Gasteiger partial charge in [0.05, 0.1) is 25.5 Å². The maximum atomic E-state index is 13.2. The van der Waals surface area contributed by atoms with Crippen LogP contribution in [-0.4, -0.2) is 21.9 Å². The normalized spacial score (nSPS) is 12.4. The van der Waals surface area contributed by atoms with Gasteiger partial charge in [-0.15, -0.1) is 0 Å². The molecule has 2 N–H and O–H groups in total. The molecular formula is C13H17FN4O. The van der Waals surface area contributed by atoms with Crippen LogP contribution >= 0.6 is 0 Å². The third-order valence-corrected chi connectivity index (χ3v) is 2.88. The van der Waals surface area contributed by atoms with Crippen molar-refractivity contribution in [1.82, 2.24) is 14.8 Å². The molecule has 2 rings (SSSR count). The van der Waals surface area contributed by atoms with Crippen LogP contribution in [0, 0.1) is 5.82 Å². The highest BCUT2D eigenvalue weighted by atomic mass is 19.1. The summed E-state index contributed by atoms with van der Waals surface area (Å²) in [5, 5.41) is 4.24. The third kappa shape index (κ3) is 2.73. The number of methoxy groups -OCH3 is 1. The van der Waals surface area contributed by atoms with Crippen molar-refractivity contribution in [3.05, 3.63) is 41.7 Å². The van der Waals surface area contributed by atoms with Gasteiger partial charge in [0.15, 0.2) is 5.75 Å². The first kappa shape index (κ1) is 13.5. The van der Waals surface area contributed by atoms with Gasteiger partial charge in [0.2, 0.25) is 0 Å². The van der Waals surface area contributed by atoms with Crippen molar-refractivity contribution in [3.63, 3.8) is 0 Å². The second-order valence-electron chi connectivity index (χ2n) is 4.24. The average Bonchev–Trinajstić information content (AvgIpc) is 2.81. The molecule has 0 amide bonds. The van der Waals surface area contributed by atoms with E-state index in [1.54, 1.807) is 24.2 Å². The molecule has 1 atom stereocenters. The predicted molar refractivity (Wildman–Crippen MR) is 69.3 cm³/mol. The molecule has 1 unspecified atom stereocenters. The van der Waals surface area contributed by atoms with Crippen molar-refractivity contribution in [2.24, 2.45) is 5.73 Å². The lowest BCUT2D eigenvalue weighted by Gasteiger charge is -2.15. The Morgan fingerprint density at radius 3 is 2.84 bits per heavy atom. The summed E-state index contributed by atoms with van der Waals surface area (Å²) < 4.78 is 20.3. The summed E-state index contributed by atoms with van der Waals surface area (Å²) in [5.74, 6) is 0.193. The van der Waals surface area contributed by atoms with Crippen molar-refractivity contribution >= 4 is 0 Å². The SMILES string of the molecule is CCCn1ncc(OC)c1C(N)c1cncc(F)c1. The Bertz CT molecular complexity index is 555. The highest BCUT2D eigenvalue weighted by molar-refractivity contribution is 5.35. The van der Waals surface area contributed by atoms with Crippen molar-refractivity contribution in [3.8, 4) is 5.75 Å². The standard InChI is InChI=1S/C13H17FN4O/c1-3-4-18-13(11(19-2)8-17-18)12(15)9-5-10(14)7-16-6-9/h5-8,12H,3-4,15H2,1-2H3. The predicted octanol–water partition coefficient (Wildman–Crippen LogP) is 1.88. The molecule has 2 aromatic heterocycles. The van der Waals surface area contributed by atoms with E-state index in [9.17, 15) is 4.39 Å². The molecule has 0 spiro atoms. The Hall–Kier alpha value is -1.95. The monoisotopic (exact) mass is 264 g/mol. The summed E-state index contributed by atoms with van der Waals surface area (Å²) in [7, 11) is 1.56. The Balaban J connectivity index is 2.41. The number of halogens is 1. The average molecular weight is 264 g/mol. The number of pyridine rings is 1. The smallest absolute Gasteiger partial charge is 0.161 e. The maximum absolute atomic E-state index is 13.2. The van der Waals surface area contributed by atoms with Gasteiger partial charge in [-0.3, -0.25) is 9.67 Å². The molecule has 5 nitrogen and oxygen atoms in total. The first-order valence-electron chi connectivity index (χ1n) is 6.13. The van der Waals surface area contributed by atoms with E-state index in [0.29, 0.717) is 11.3 Å². The minimum atomic E-state index is -0.521. The lowest BCUT2D eigenvalue weighted by atomic mass is 10.1. The summed E-state index contributed by atoms with van der Waals surface area (Å²) in [4.78, 5) is 3.82. The first-order chi connectivity index (χ1) is 9.17. The molecule has 19 heavy (non-hydrogen) atoms. The Labute approximate surface area is 111 Å². The van der Waals surface area contributed by atoms with E-state index in [-0.39, 0.29) is 0 Å². The van der Waals surface area contributed by atoms with Crippen LogP contribution in [0.4, 0.5) is 4.39 Å². The largest absolute Gasteiger partial charge is 0.493 e. The van der Waals surface area contributed by atoms with Crippen LogP contribution in [0.3, 0.4) is 0 Å². The number of aromatic nitrogens is 3. The minimum Gasteiger partial charge on any atom is -0.493 e. The van der Waals surface area contributed by atoms with Crippen LogP contribution in [0.1, 0.15) is 30.6 Å². The van der Waals surface area contributed by atoms with Crippen LogP contribution < -0.4 is 10.5 Å². The lowest BCUT2D eigenvalue weighted by Crippen LogP contribution is -2.18. The number of hydrogen-bond acceptors (Lipinski definition) is 4. The van der Waals surface area contributed by atoms with Gasteiger partial charge in [0.1, 0.15) is 11.5 Å². The van der Waals surface area contributed by atoms with Crippen LogP contribution in [0.15, 0.2) is 24.7 Å². The fourth-order valence-corrected chi connectivity index (χ4v) is 1.99. The summed E-state index contributed by atoms with van der Waals surface area (Å²) in [5.41, 5.74) is 7.52. The maximum Gasteiger partial charge on any atom is 0.161 e. The molecule has 2 aromatic rings. The number of ether oxygens (including phenoxy) is 1. The highest BCUT2D eigenvalue weighted by Crippen LogP contribution is 2.28. The van der Waals surface area contributed by atoms with Gasteiger partial charge in [-0.05, 0) is 18.1 Å². The lowest BCUT2D eigenvalue weighted by molar-refractivity contribution is 0.403. The molecule has 102 valence electrons. The van der Waals surface area contributed by atoms with Gasteiger partial charge in [0, 0.05) is 12.7 Å². The van der Waals surface area contributed by atoms with Crippen molar-refractivity contribution in [2.75, 3.05) is 7.11 Å². The molecular weight excluding hydrogens is 247 g/mol. The molecule has 0 fully saturated rings. The van der Waals surface area contributed by atoms with Gasteiger partial charge in [-0.25, -0.2) is 4.39 Å². The number of nitrogens with two attached hydrogens (primary N) is 1. The second kappa shape index (κ2) is 5.79. The van der Waals surface area contributed by atoms with Gasteiger partial charge in [-0.2, -0.15) is 5.10 Å². The molecule has 0 aromatic carbocycles. The number of aryl methyl sites for hydroxylation is 1. The summed E-state index contributed by atoms with van der Waals surface area (Å²) in [6.45, 7) is 2.78. The number of hydrogen-bond donors (Lipinski definition) is 1. The molecule has 0 saturated heterocycles. The third-order valence-electron chi connectivity index (χ3n) is 2.88. The van der Waals surface area contributed by atoms with E-state index in [0.717, 1.165) is 24.9 Å². The zero-order chi connectivity index (χ0) is 13.8. The van der Waals surface area contributed by atoms with Crippen LogP contribution in [0.25, 0.3) is 0 Å². The van der Waals surface area contributed by atoms with Crippen LogP contribution in [-0.2, 0) is 6.54 Å². The zero-order valence-corrected chi connectivity index (χ0v) is 11.0. The Morgan fingerprint density at radius 1 is 1.42 bits per heavy atom. The van der Waals surface area contributed by atoms with E-state index in [1.165, 1.54) is 6.07 Å². The Morgan fingerprint density at radius 2 is 2.21 bits per heavy atom. The van der Waals surface area contributed by atoms with Crippen LogP contribution in [0.2, 0.25) is 0 Å². The molecule has 0 aliphatic heterocycles. The summed E-state index contributed by atoms with van der Waals surface area (Å²) in [6.07, 6.45) is 5.25. The fourth-order valence-electron chi connectivity index (χ4n) is 1.99. The molecule has 6 heteroatoms. The topological polar surface area (TPSA) is 66.0 Å². The minimum absolute atomic E-state index is 0.409. The molecule has 0 aliphatic carbocycles. The zero-order valence-electron chi connectivity index (χ0n) is 11.0. The van der Waals surface area contributed by atoms with E-state index < -0.39 is 11.9 Å². The van der Waals surface area contributed by atoms with E-state index in [2.05, 4.69) is 10.1 Å². The molecule has 0 aliphatic rings. The van der Waals surface area contributed by atoms with E-state index >= 15 is 0 Å². The van der Waals surface area contributed by atoms with Gasteiger partial charge < -0.3 is 10.5 Å². The molecule has 0 bridgehead atoms. The molecule has 0 saturated carbocycles. The fraction of sp³-hybridized carbons (Fsp3) is 0.385. The number of rotatable bonds is 5. The quantitative estimate of drug-likeness (QED) is 0.895. The van der Waals surface area contributed by atoms with Crippen molar-refractivity contribution in [2.45, 2.75) is 25.9 Å². The molecule has 0 radical (unpaired) electrons. The summed E-state index contributed by atoms with van der Waals surface area (Å²) >= 11 is 0. The summed E-state index contributed by atoms with van der Waals surface area (Å²) in [6, 6.07) is 0.854. The van der Waals surface area contributed by atoms with Crippen LogP contribution in [0.5, 0.6) is 5.75 Å². The Kier molecular flexibility index (Phi) is 4.11. The second-order valence-corrected chi connectivity index (χ2v) is 4.24. The molecule has 2 heterocycles. The van der Waals surface area contributed by atoms with E-state index in [1.807, 2.05) is 6.92 Å². The van der Waals surface area contributed by atoms with Crippen molar-refractivity contribution in [1.29, 1.82) is 0 Å².